The summed E-state index contributed by atoms with van der Waals surface area (Å²) in [5, 5.41) is 15.5. The normalized spacial score (nSPS) is 10.7. The number of hydrogen-bond acceptors (Lipinski definition) is 4. The number of hydrogen-bond donors (Lipinski definition) is 2. The van der Waals surface area contributed by atoms with Gasteiger partial charge in [0.25, 0.3) is 5.91 Å². The van der Waals surface area contributed by atoms with E-state index < -0.39 is 5.91 Å². The van der Waals surface area contributed by atoms with Crippen LogP contribution in [0.2, 0.25) is 10.0 Å². The summed E-state index contributed by atoms with van der Waals surface area (Å²) in [7, 11) is 0. The molecular weight excluding hydrogens is 335 g/mol. The van der Waals surface area contributed by atoms with Crippen LogP contribution in [0.15, 0.2) is 54.5 Å². The highest BCUT2D eigenvalue weighted by Crippen LogP contribution is 2.25. The summed E-state index contributed by atoms with van der Waals surface area (Å²) in [6, 6.07) is 10.3. The van der Waals surface area contributed by atoms with Gasteiger partial charge in [-0.25, -0.2) is 0 Å². The van der Waals surface area contributed by atoms with Crippen molar-refractivity contribution in [3.05, 3.63) is 70.1 Å². The summed E-state index contributed by atoms with van der Waals surface area (Å²) < 4.78 is 0. The number of rotatable bonds is 5. The molecule has 1 amide bonds. The molecular formula is C16H12Cl2N4O. The van der Waals surface area contributed by atoms with Crippen LogP contribution < -0.4 is 10.6 Å². The van der Waals surface area contributed by atoms with E-state index in [4.69, 9.17) is 28.5 Å². The van der Waals surface area contributed by atoms with Crippen molar-refractivity contribution in [3.8, 4) is 6.07 Å². The molecule has 116 valence electrons. The van der Waals surface area contributed by atoms with E-state index in [1.165, 1.54) is 6.20 Å². The molecule has 0 saturated heterocycles. The van der Waals surface area contributed by atoms with Crippen LogP contribution in [0.4, 0.5) is 5.69 Å². The van der Waals surface area contributed by atoms with Gasteiger partial charge in [-0.15, -0.1) is 0 Å². The Balaban J connectivity index is 2.00. The fourth-order valence-corrected chi connectivity index (χ4v) is 2.15. The maximum absolute atomic E-state index is 12.0. The molecule has 23 heavy (non-hydrogen) atoms. The summed E-state index contributed by atoms with van der Waals surface area (Å²) in [5.41, 5.74) is 1.32. The number of anilines is 1. The van der Waals surface area contributed by atoms with Crippen molar-refractivity contribution in [3.63, 3.8) is 0 Å². The van der Waals surface area contributed by atoms with E-state index >= 15 is 0 Å². The largest absolute Gasteiger partial charge is 0.359 e. The van der Waals surface area contributed by atoms with Gasteiger partial charge in [0, 0.05) is 30.2 Å². The molecule has 0 aliphatic heterocycles. The number of nitrogens with zero attached hydrogens (tertiary/aromatic N) is 2. The molecule has 0 unspecified atom stereocenters. The van der Waals surface area contributed by atoms with Gasteiger partial charge in [-0.05, 0) is 29.8 Å². The second-order valence-electron chi connectivity index (χ2n) is 4.48. The van der Waals surface area contributed by atoms with Gasteiger partial charge in [0.2, 0.25) is 0 Å². The third kappa shape index (κ3) is 4.99. The van der Waals surface area contributed by atoms with Crippen molar-refractivity contribution in [2.45, 2.75) is 6.54 Å². The Bertz CT molecular complexity index is 769. The zero-order valence-corrected chi connectivity index (χ0v) is 13.4. The van der Waals surface area contributed by atoms with Gasteiger partial charge in [-0.3, -0.25) is 9.78 Å². The number of benzene rings is 1. The minimum atomic E-state index is -0.492. The van der Waals surface area contributed by atoms with Crippen LogP contribution in [0.5, 0.6) is 0 Å². The Morgan fingerprint density at radius 2 is 2.17 bits per heavy atom. The number of pyridine rings is 1. The molecule has 7 heteroatoms. The standard InChI is InChI=1S/C16H12Cl2N4O/c17-13-3-4-15(14(18)6-13)21-10-12(7-19)16(23)22-9-11-2-1-5-20-8-11/h1-6,8,10,21H,9H2,(H,22,23)/b12-10-. The number of nitriles is 1. The van der Waals surface area contributed by atoms with E-state index in [9.17, 15) is 4.79 Å². The maximum Gasteiger partial charge on any atom is 0.263 e. The van der Waals surface area contributed by atoms with Gasteiger partial charge < -0.3 is 10.6 Å². The summed E-state index contributed by atoms with van der Waals surface area (Å²) in [6.07, 6.45) is 4.58. The lowest BCUT2D eigenvalue weighted by Crippen LogP contribution is -2.24. The molecule has 5 nitrogen and oxygen atoms in total. The molecule has 2 aromatic rings. The van der Waals surface area contributed by atoms with Crippen LogP contribution in [0, 0.1) is 11.3 Å². The molecule has 1 heterocycles. The highest BCUT2D eigenvalue weighted by molar-refractivity contribution is 6.36. The molecule has 1 aromatic heterocycles. The van der Waals surface area contributed by atoms with E-state index in [0.717, 1.165) is 5.56 Å². The maximum atomic E-state index is 12.0. The molecule has 0 fully saturated rings. The number of aromatic nitrogens is 1. The predicted octanol–water partition coefficient (Wildman–Crippen LogP) is 3.52. The smallest absolute Gasteiger partial charge is 0.263 e. The molecule has 0 spiro atoms. The molecule has 0 bridgehead atoms. The number of amides is 1. The first kappa shape index (κ1) is 16.8. The van der Waals surface area contributed by atoms with Crippen molar-refractivity contribution in [2.75, 3.05) is 5.32 Å². The second-order valence-corrected chi connectivity index (χ2v) is 5.33. The first-order valence-corrected chi connectivity index (χ1v) is 7.34. The lowest BCUT2D eigenvalue weighted by molar-refractivity contribution is -0.117. The minimum Gasteiger partial charge on any atom is -0.359 e. The lowest BCUT2D eigenvalue weighted by Gasteiger charge is -2.06. The molecule has 0 aliphatic carbocycles. The van der Waals surface area contributed by atoms with Crippen LogP contribution in [0.1, 0.15) is 5.56 Å². The van der Waals surface area contributed by atoms with Crippen LogP contribution in [-0.4, -0.2) is 10.9 Å². The minimum absolute atomic E-state index is 0.0695. The number of halogens is 2. The summed E-state index contributed by atoms with van der Waals surface area (Å²) in [5.74, 6) is -0.492. The third-order valence-electron chi connectivity index (χ3n) is 2.84. The van der Waals surface area contributed by atoms with E-state index in [0.29, 0.717) is 15.7 Å². The zero-order valence-electron chi connectivity index (χ0n) is 11.9. The van der Waals surface area contributed by atoms with Gasteiger partial charge in [-0.1, -0.05) is 29.3 Å². The average Bonchev–Trinajstić information content (AvgIpc) is 2.56. The molecule has 1 aromatic carbocycles. The SMILES string of the molecule is N#C/C(=C/Nc1ccc(Cl)cc1Cl)C(=O)NCc1cccnc1. The topological polar surface area (TPSA) is 77.8 Å². The molecule has 0 atom stereocenters. The molecule has 0 radical (unpaired) electrons. The van der Waals surface area contributed by atoms with Gasteiger partial charge in [0.1, 0.15) is 11.6 Å². The average molecular weight is 347 g/mol. The van der Waals surface area contributed by atoms with E-state index in [-0.39, 0.29) is 12.1 Å². The molecule has 0 saturated carbocycles. The summed E-state index contributed by atoms with van der Waals surface area (Å²) >= 11 is 11.8. The molecule has 2 rings (SSSR count). The van der Waals surface area contributed by atoms with Crippen molar-refractivity contribution in [2.24, 2.45) is 0 Å². The lowest BCUT2D eigenvalue weighted by atomic mass is 10.2. The fourth-order valence-electron chi connectivity index (χ4n) is 1.69. The van der Waals surface area contributed by atoms with Crippen LogP contribution in [0.25, 0.3) is 0 Å². The van der Waals surface area contributed by atoms with Crippen molar-refractivity contribution in [1.29, 1.82) is 5.26 Å². The van der Waals surface area contributed by atoms with Gasteiger partial charge in [0.05, 0.1) is 10.7 Å². The van der Waals surface area contributed by atoms with Crippen molar-refractivity contribution < 1.29 is 4.79 Å². The van der Waals surface area contributed by atoms with Crippen molar-refractivity contribution in [1.82, 2.24) is 10.3 Å². The highest BCUT2D eigenvalue weighted by atomic mass is 35.5. The van der Waals surface area contributed by atoms with Crippen LogP contribution in [0.3, 0.4) is 0 Å². The van der Waals surface area contributed by atoms with Gasteiger partial charge >= 0.3 is 0 Å². The Hall–Kier alpha value is -2.55. The number of nitrogens with one attached hydrogen (secondary N) is 2. The predicted molar refractivity (Wildman–Crippen MR) is 89.9 cm³/mol. The van der Waals surface area contributed by atoms with E-state index in [1.807, 2.05) is 12.1 Å². The Kier molecular flexibility index (Phi) is 5.98. The van der Waals surface area contributed by atoms with E-state index in [2.05, 4.69) is 15.6 Å². The van der Waals surface area contributed by atoms with Crippen LogP contribution in [-0.2, 0) is 11.3 Å². The zero-order chi connectivity index (χ0) is 16.7. The first-order valence-electron chi connectivity index (χ1n) is 6.59. The van der Waals surface area contributed by atoms with Crippen molar-refractivity contribution >= 4 is 34.8 Å². The van der Waals surface area contributed by atoms with Gasteiger partial charge in [-0.2, -0.15) is 5.26 Å². The monoisotopic (exact) mass is 346 g/mol. The Labute approximate surface area is 143 Å². The Morgan fingerprint density at radius 1 is 1.35 bits per heavy atom. The Morgan fingerprint density at radius 3 is 2.83 bits per heavy atom. The van der Waals surface area contributed by atoms with E-state index in [1.54, 1.807) is 36.7 Å². The fraction of sp³-hybridized carbons (Fsp3) is 0.0625. The number of carbonyl (C=O) groups is 1. The third-order valence-corrected chi connectivity index (χ3v) is 3.39. The highest BCUT2D eigenvalue weighted by Gasteiger charge is 2.09. The molecule has 0 aliphatic rings. The first-order chi connectivity index (χ1) is 11.1. The van der Waals surface area contributed by atoms with Crippen LogP contribution >= 0.6 is 23.2 Å². The van der Waals surface area contributed by atoms with Gasteiger partial charge in [0.15, 0.2) is 0 Å². The summed E-state index contributed by atoms with van der Waals surface area (Å²) in [4.78, 5) is 15.9. The quantitative estimate of drug-likeness (QED) is 0.641. The number of carbonyl (C=O) groups excluding carboxylic acids is 1. The summed E-state index contributed by atoms with van der Waals surface area (Å²) in [6.45, 7) is 0.285. The second kappa shape index (κ2) is 8.18. The molecule has 2 N–H and O–H groups in total.